The number of hydrogen-bond acceptors (Lipinski definition) is 3. The smallest absolute Gasteiger partial charge is 0.110 e. The van der Waals surface area contributed by atoms with Crippen LogP contribution in [0.3, 0.4) is 0 Å². The first-order chi connectivity index (χ1) is 8.18. The SMILES string of the molecule is COC1(C(N)Cc2nccn2C)CCCCC1. The highest BCUT2D eigenvalue weighted by molar-refractivity contribution is 5.01. The van der Waals surface area contributed by atoms with Gasteiger partial charge in [-0.1, -0.05) is 19.3 Å². The van der Waals surface area contributed by atoms with Gasteiger partial charge in [-0.15, -0.1) is 0 Å². The zero-order chi connectivity index (χ0) is 12.3. The van der Waals surface area contributed by atoms with Crippen LogP contribution in [0.15, 0.2) is 12.4 Å². The van der Waals surface area contributed by atoms with Gasteiger partial charge < -0.3 is 15.0 Å². The van der Waals surface area contributed by atoms with Crippen LogP contribution >= 0.6 is 0 Å². The lowest BCUT2D eigenvalue weighted by Crippen LogP contribution is -2.52. The van der Waals surface area contributed by atoms with Gasteiger partial charge in [-0.25, -0.2) is 4.98 Å². The van der Waals surface area contributed by atoms with E-state index < -0.39 is 0 Å². The zero-order valence-corrected chi connectivity index (χ0v) is 10.9. The first kappa shape index (κ1) is 12.6. The van der Waals surface area contributed by atoms with E-state index in [0.717, 1.165) is 25.1 Å². The highest BCUT2D eigenvalue weighted by Gasteiger charge is 2.38. The van der Waals surface area contributed by atoms with Gasteiger partial charge in [0.15, 0.2) is 0 Å². The lowest BCUT2D eigenvalue weighted by atomic mass is 9.78. The van der Waals surface area contributed by atoms with E-state index >= 15 is 0 Å². The molecule has 1 unspecified atom stereocenters. The van der Waals surface area contributed by atoms with E-state index in [1.54, 1.807) is 7.11 Å². The fourth-order valence-electron chi connectivity index (χ4n) is 2.85. The largest absolute Gasteiger partial charge is 0.377 e. The average molecular weight is 237 g/mol. The molecule has 4 nitrogen and oxygen atoms in total. The predicted molar refractivity (Wildman–Crippen MR) is 67.7 cm³/mol. The van der Waals surface area contributed by atoms with Crippen molar-refractivity contribution in [1.29, 1.82) is 0 Å². The topological polar surface area (TPSA) is 53.1 Å². The van der Waals surface area contributed by atoms with Crippen LogP contribution < -0.4 is 5.73 Å². The summed E-state index contributed by atoms with van der Waals surface area (Å²) in [5.41, 5.74) is 6.24. The minimum absolute atomic E-state index is 0.0360. The van der Waals surface area contributed by atoms with E-state index in [0.29, 0.717) is 0 Å². The van der Waals surface area contributed by atoms with Gasteiger partial charge in [0, 0.05) is 39.0 Å². The summed E-state index contributed by atoms with van der Waals surface area (Å²) in [5.74, 6) is 1.04. The van der Waals surface area contributed by atoms with Gasteiger partial charge in [-0.2, -0.15) is 0 Å². The second-order valence-corrected chi connectivity index (χ2v) is 5.09. The first-order valence-corrected chi connectivity index (χ1v) is 6.45. The summed E-state index contributed by atoms with van der Waals surface area (Å²) >= 11 is 0. The normalized spacial score (nSPS) is 21.4. The lowest BCUT2D eigenvalue weighted by molar-refractivity contribution is -0.0587. The number of hydrogen-bond donors (Lipinski definition) is 1. The number of aryl methyl sites for hydroxylation is 1. The van der Waals surface area contributed by atoms with Gasteiger partial charge in [0.25, 0.3) is 0 Å². The summed E-state index contributed by atoms with van der Waals surface area (Å²) in [4.78, 5) is 4.34. The van der Waals surface area contributed by atoms with Crippen LogP contribution in [-0.4, -0.2) is 28.3 Å². The molecule has 96 valence electrons. The van der Waals surface area contributed by atoms with Crippen molar-refractivity contribution in [3.63, 3.8) is 0 Å². The number of nitrogens with zero attached hydrogens (tertiary/aromatic N) is 2. The van der Waals surface area contributed by atoms with Crippen LogP contribution in [0, 0.1) is 0 Å². The summed E-state index contributed by atoms with van der Waals surface area (Å²) in [6.45, 7) is 0. The average Bonchev–Trinajstić information content (AvgIpc) is 2.76. The Bertz CT molecular complexity index is 355. The molecule has 1 heterocycles. The number of ether oxygens (including phenoxy) is 1. The molecule has 1 saturated carbocycles. The Balaban J connectivity index is 2.07. The third kappa shape index (κ3) is 2.53. The van der Waals surface area contributed by atoms with Gasteiger partial charge in [0.2, 0.25) is 0 Å². The minimum Gasteiger partial charge on any atom is -0.377 e. The molecule has 1 aromatic heterocycles. The Hall–Kier alpha value is -0.870. The van der Waals surface area contributed by atoms with Crippen molar-refractivity contribution in [1.82, 2.24) is 9.55 Å². The molecule has 17 heavy (non-hydrogen) atoms. The molecule has 4 heteroatoms. The molecular weight excluding hydrogens is 214 g/mol. The van der Waals surface area contributed by atoms with Gasteiger partial charge in [-0.3, -0.25) is 0 Å². The van der Waals surface area contributed by atoms with Gasteiger partial charge in [-0.05, 0) is 12.8 Å². The van der Waals surface area contributed by atoms with Crippen molar-refractivity contribution < 1.29 is 4.74 Å². The molecule has 0 saturated heterocycles. The molecule has 0 aliphatic heterocycles. The minimum atomic E-state index is -0.135. The van der Waals surface area contributed by atoms with Crippen molar-refractivity contribution in [2.24, 2.45) is 12.8 Å². The lowest BCUT2D eigenvalue weighted by Gasteiger charge is -2.40. The molecule has 1 atom stereocenters. The van der Waals surface area contributed by atoms with E-state index in [4.69, 9.17) is 10.5 Å². The molecule has 0 aromatic carbocycles. The van der Waals surface area contributed by atoms with Crippen molar-refractivity contribution in [3.8, 4) is 0 Å². The Kier molecular flexibility index (Phi) is 3.84. The van der Waals surface area contributed by atoms with Crippen LogP contribution in [-0.2, 0) is 18.2 Å². The standard InChI is InChI=1S/C13H23N3O/c1-16-9-8-15-12(16)10-11(14)13(17-2)6-4-3-5-7-13/h8-9,11H,3-7,10,14H2,1-2H3. The molecular formula is C13H23N3O. The Morgan fingerprint density at radius 2 is 2.18 bits per heavy atom. The predicted octanol–water partition coefficient (Wildman–Crippen LogP) is 1.64. The van der Waals surface area contributed by atoms with E-state index in [1.807, 2.05) is 24.0 Å². The second-order valence-electron chi connectivity index (χ2n) is 5.09. The fourth-order valence-corrected chi connectivity index (χ4v) is 2.85. The molecule has 0 spiro atoms. The molecule has 2 N–H and O–H groups in total. The maximum absolute atomic E-state index is 6.38. The zero-order valence-electron chi connectivity index (χ0n) is 10.9. The monoisotopic (exact) mass is 237 g/mol. The van der Waals surface area contributed by atoms with Crippen LogP contribution in [0.4, 0.5) is 0 Å². The van der Waals surface area contributed by atoms with Crippen molar-refractivity contribution in [3.05, 3.63) is 18.2 Å². The molecule has 0 amide bonds. The van der Waals surface area contributed by atoms with Crippen LogP contribution in [0.1, 0.15) is 37.9 Å². The molecule has 0 radical (unpaired) electrons. The van der Waals surface area contributed by atoms with Gasteiger partial charge in [0.1, 0.15) is 5.82 Å². The first-order valence-electron chi connectivity index (χ1n) is 6.45. The summed E-state index contributed by atoms with van der Waals surface area (Å²) < 4.78 is 7.80. The highest BCUT2D eigenvalue weighted by Crippen LogP contribution is 2.34. The number of imidazole rings is 1. The van der Waals surface area contributed by atoms with Crippen molar-refractivity contribution in [2.45, 2.75) is 50.2 Å². The summed E-state index contributed by atoms with van der Waals surface area (Å²) in [7, 11) is 3.80. The Labute approximate surface area is 103 Å². The van der Waals surface area contributed by atoms with E-state index in [9.17, 15) is 0 Å². The molecule has 1 aliphatic rings. The second kappa shape index (κ2) is 5.19. The van der Waals surface area contributed by atoms with Crippen molar-refractivity contribution in [2.75, 3.05) is 7.11 Å². The number of aromatic nitrogens is 2. The Morgan fingerprint density at radius 1 is 1.47 bits per heavy atom. The molecule has 0 bridgehead atoms. The number of nitrogens with two attached hydrogens (primary N) is 1. The number of methoxy groups -OCH3 is 1. The number of rotatable bonds is 4. The summed E-state index contributed by atoms with van der Waals surface area (Å²) in [6.07, 6.45) is 10.5. The maximum Gasteiger partial charge on any atom is 0.110 e. The van der Waals surface area contributed by atoms with Crippen LogP contribution in [0.2, 0.25) is 0 Å². The summed E-state index contributed by atoms with van der Waals surface area (Å²) in [5, 5.41) is 0. The van der Waals surface area contributed by atoms with Crippen LogP contribution in [0.25, 0.3) is 0 Å². The third-order valence-corrected chi connectivity index (χ3v) is 4.11. The van der Waals surface area contributed by atoms with E-state index in [2.05, 4.69) is 4.98 Å². The Morgan fingerprint density at radius 3 is 2.71 bits per heavy atom. The van der Waals surface area contributed by atoms with E-state index in [1.165, 1.54) is 19.3 Å². The maximum atomic E-state index is 6.38. The fraction of sp³-hybridized carbons (Fsp3) is 0.769. The van der Waals surface area contributed by atoms with E-state index in [-0.39, 0.29) is 11.6 Å². The van der Waals surface area contributed by atoms with Crippen LogP contribution in [0.5, 0.6) is 0 Å². The quantitative estimate of drug-likeness (QED) is 0.866. The van der Waals surface area contributed by atoms with Crippen molar-refractivity contribution >= 4 is 0 Å². The summed E-state index contributed by atoms with van der Waals surface area (Å²) in [6, 6.07) is 0.0360. The van der Waals surface area contributed by atoms with Gasteiger partial charge in [0.05, 0.1) is 5.60 Å². The molecule has 1 aliphatic carbocycles. The highest BCUT2D eigenvalue weighted by atomic mass is 16.5. The molecule has 1 aromatic rings. The molecule has 1 fully saturated rings. The molecule has 2 rings (SSSR count). The van der Waals surface area contributed by atoms with Gasteiger partial charge >= 0.3 is 0 Å². The third-order valence-electron chi connectivity index (χ3n) is 4.11.